The standard InChI is InChI=1S/C28H28N5O2P/c29-23-7-6-20(26-24(9-11-32-28(26)36)35-18-19-4-2-1-3-5-19)16-22(23)27(30)21-8-10-31-25(17-21)33-12-14-34-15-13-33/h1-11,16-17,30H,12-15,18,29,36H2. The van der Waals surface area contributed by atoms with Gasteiger partial charge in [0.15, 0.2) is 0 Å². The number of nitrogens with two attached hydrogens (primary N) is 1. The van der Waals surface area contributed by atoms with Crippen molar-refractivity contribution in [1.82, 2.24) is 9.97 Å². The molecule has 1 unspecified atom stereocenters. The fraction of sp³-hybridized carbons (Fsp3) is 0.179. The third kappa shape index (κ3) is 5.23. The van der Waals surface area contributed by atoms with Crippen LogP contribution in [0, 0.1) is 5.41 Å². The van der Waals surface area contributed by atoms with E-state index in [2.05, 4.69) is 24.1 Å². The lowest BCUT2D eigenvalue weighted by atomic mass is 9.96. The van der Waals surface area contributed by atoms with Gasteiger partial charge in [-0.15, -0.1) is 0 Å². The van der Waals surface area contributed by atoms with E-state index in [0.29, 0.717) is 36.8 Å². The Kier molecular flexibility index (Phi) is 7.21. The maximum absolute atomic E-state index is 8.98. The molecule has 36 heavy (non-hydrogen) atoms. The van der Waals surface area contributed by atoms with E-state index in [1.807, 2.05) is 66.7 Å². The summed E-state index contributed by atoms with van der Waals surface area (Å²) in [5.41, 5.74) is 12.2. The molecule has 0 saturated carbocycles. The predicted octanol–water partition coefficient (Wildman–Crippen LogP) is 4.06. The topological polar surface area (TPSA) is 97.4 Å². The van der Waals surface area contributed by atoms with E-state index in [-0.39, 0.29) is 0 Å². The highest BCUT2D eigenvalue weighted by Gasteiger charge is 2.18. The van der Waals surface area contributed by atoms with Crippen molar-refractivity contribution in [2.75, 3.05) is 36.9 Å². The Labute approximate surface area is 213 Å². The number of pyridine rings is 2. The van der Waals surface area contributed by atoms with Crippen LogP contribution in [0.4, 0.5) is 11.5 Å². The van der Waals surface area contributed by atoms with Crippen molar-refractivity contribution in [3.05, 3.63) is 95.8 Å². The summed E-state index contributed by atoms with van der Waals surface area (Å²) in [6.45, 7) is 3.36. The van der Waals surface area contributed by atoms with Crippen LogP contribution in [0.25, 0.3) is 11.1 Å². The highest BCUT2D eigenvalue weighted by molar-refractivity contribution is 7.27. The summed E-state index contributed by atoms with van der Waals surface area (Å²) < 4.78 is 11.6. The first-order valence-electron chi connectivity index (χ1n) is 11.8. The van der Waals surface area contributed by atoms with Gasteiger partial charge in [-0.25, -0.2) is 4.98 Å². The fourth-order valence-electron chi connectivity index (χ4n) is 4.23. The van der Waals surface area contributed by atoms with Crippen molar-refractivity contribution in [1.29, 1.82) is 5.41 Å². The lowest BCUT2D eigenvalue weighted by Gasteiger charge is -2.28. The van der Waals surface area contributed by atoms with Crippen LogP contribution in [0.15, 0.2) is 79.1 Å². The van der Waals surface area contributed by atoms with E-state index < -0.39 is 0 Å². The first-order chi connectivity index (χ1) is 17.6. The molecule has 2 aromatic carbocycles. The predicted molar refractivity (Wildman–Crippen MR) is 147 cm³/mol. The first kappa shape index (κ1) is 23.9. The molecule has 1 saturated heterocycles. The number of rotatable bonds is 7. The van der Waals surface area contributed by atoms with E-state index in [9.17, 15) is 0 Å². The van der Waals surface area contributed by atoms with Gasteiger partial charge in [-0.1, -0.05) is 45.6 Å². The van der Waals surface area contributed by atoms with Crippen LogP contribution in [0.5, 0.6) is 5.75 Å². The van der Waals surface area contributed by atoms with E-state index >= 15 is 0 Å². The van der Waals surface area contributed by atoms with Gasteiger partial charge in [0, 0.05) is 47.9 Å². The minimum absolute atomic E-state index is 0.340. The van der Waals surface area contributed by atoms with Crippen LogP contribution in [0.1, 0.15) is 16.7 Å². The Morgan fingerprint density at radius 3 is 2.58 bits per heavy atom. The molecule has 1 aliphatic rings. The quantitative estimate of drug-likeness (QED) is 0.227. The number of morpholine rings is 1. The fourth-order valence-corrected chi connectivity index (χ4v) is 4.62. The van der Waals surface area contributed by atoms with Crippen LogP contribution in [-0.4, -0.2) is 42.0 Å². The third-order valence-corrected chi connectivity index (χ3v) is 6.60. The summed E-state index contributed by atoms with van der Waals surface area (Å²) in [6, 6.07) is 21.4. The summed E-state index contributed by atoms with van der Waals surface area (Å²) in [7, 11) is 2.68. The number of nitrogens with one attached hydrogen (secondary N) is 1. The Morgan fingerprint density at radius 1 is 1.00 bits per heavy atom. The minimum Gasteiger partial charge on any atom is -0.488 e. The van der Waals surface area contributed by atoms with E-state index in [4.69, 9.17) is 20.6 Å². The zero-order valence-corrected chi connectivity index (χ0v) is 21.0. The normalized spacial score (nSPS) is 13.4. The molecule has 0 bridgehead atoms. The molecule has 2 aromatic heterocycles. The van der Waals surface area contributed by atoms with Crippen LogP contribution in [0.3, 0.4) is 0 Å². The monoisotopic (exact) mass is 497 g/mol. The SMILES string of the molecule is N=C(c1ccnc(N2CCOCC2)c1)c1cc(-c2c(OCc3ccccc3)ccnc2P)ccc1N. The molecule has 1 fully saturated rings. The molecule has 7 nitrogen and oxygen atoms in total. The van der Waals surface area contributed by atoms with E-state index in [1.165, 1.54) is 0 Å². The largest absolute Gasteiger partial charge is 0.488 e. The summed E-state index contributed by atoms with van der Waals surface area (Å²) in [5, 5.41) is 8.98. The lowest BCUT2D eigenvalue weighted by Crippen LogP contribution is -2.36. The number of hydrogen-bond acceptors (Lipinski definition) is 7. The van der Waals surface area contributed by atoms with Gasteiger partial charge in [0.05, 0.1) is 24.4 Å². The van der Waals surface area contributed by atoms with Crippen LogP contribution in [0.2, 0.25) is 0 Å². The molecule has 3 N–H and O–H groups in total. The minimum atomic E-state index is 0.340. The molecule has 1 atom stereocenters. The first-order valence-corrected chi connectivity index (χ1v) is 12.4. The highest BCUT2D eigenvalue weighted by Crippen LogP contribution is 2.32. The van der Waals surface area contributed by atoms with Crippen LogP contribution in [-0.2, 0) is 11.3 Å². The third-order valence-electron chi connectivity index (χ3n) is 6.16. The van der Waals surface area contributed by atoms with Gasteiger partial charge in [0.25, 0.3) is 0 Å². The van der Waals surface area contributed by atoms with Gasteiger partial charge >= 0.3 is 0 Å². The summed E-state index contributed by atoms with van der Waals surface area (Å²) in [4.78, 5) is 11.1. The van der Waals surface area contributed by atoms with Crippen molar-refractivity contribution in [3.8, 4) is 16.9 Å². The van der Waals surface area contributed by atoms with Crippen molar-refractivity contribution >= 4 is 31.9 Å². The molecular formula is C28H28N5O2P. The van der Waals surface area contributed by atoms with E-state index in [1.54, 1.807) is 12.4 Å². The second-order valence-corrected chi connectivity index (χ2v) is 9.07. The smallest absolute Gasteiger partial charge is 0.131 e. The van der Waals surface area contributed by atoms with Crippen molar-refractivity contribution < 1.29 is 9.47 Å². The molecule has 5 rings (SSSR count). The van der Waals surface area contributed by atoms with Gasteiger partial charge in [0.1, 0.15) is 18.2 Å². The highest BCUT2D eigenvalue weighted by atomic mass is 31.0. The number of ether oxygens (including phenoxy) is 2. The molecule has 1 aliphatic heterocycles. The van der Waals surface area contributed by atoms with Gasteiger partial charge in [-0.2, -0.15) is 0 Å². The molecule has 0 amide bonds. The Balaban J connectivity index is 1.46. The van der Waals surface area contributed by atoms with Crippen molar-refractivity contribution in [3.63, 3.8) is 0 Å². The van der Waals surface area contributed by atoms with Crippen molar-refractivity contribution in [2.24, 2.45) is 0 Å². The average Bonchev–Trinajstić information content (AvgIpc) is 2.93. The van der Waals surface area contributed by atoms with Crippen LogP contribution < -0.4 is 20.8 Å². The molecule has 0 aliphatic carbocycles. The number of aromatic nitrogens is 2. The molecule has 0 radical (unpaired) electrons. The lowest BCUT2D eigenvalue weighted by molar-refractivity contribution is 0.122. The average molecular weight is 498 g/mol. The second kappa shape index (κ2) is 10.9. The van der Waals surface area contributed by atoms with E-state index in [0.717, 1.165) is 52.3 Å². The maximum Gasteiger partial charge on any atom is 0.131 e. The number of nitrogen functional groups attached to an aromatic ring is 1. The zero-order valence-electron chi connectivity index (χ0n) is 19.9. The van der Waals surface area contributed by atoms with Crippen LogP contribution >= 0.6 is 9.24 Å². The Morgan fingerprint density at radius 2 is 1.78 bits per heavy atom. The molecule has 182 valence electrons. The molecular weight excluding hydrogens is 469 g/mol. The number of anilines is 2. The second-order valence-electron chi connectivity index (χ2n) is 8.52. The summed E-state index contributed by atoms with van der Waals surface area (Å²) >= 11 is 0. The summed E-state index contributed by atoms with van der Waals surface area (Å²) in [6.07, 6.45) is 3.47. The van der Waals surface area contributed by atoms with Crippen molar-refractivity contribution in [2.45, 2.75) is 6.61 Å². The van der Waals surface area contributed by atoms with Gasteiger partial charge < -0.3 is 20.1 Å². The van der Waals surface area contributed by atoms with Gasteiger partial charge in [-0.05, 0) is 41.5 Å². The van der Waals surface area contributed by atoms with Gasteiger partial charge in [0.2, 0.25) is 0 Å². The molecule has 3 heterocycles. The van der Waals surface area contributed by atoms with Gasteiger partial charge in [-0.3, -0.25) is 10.4 Å². The Bertz CT molecular complexity index is 1370. The molecule has 8 heteroatoms. The Hall–Kier alpha value is -3.80. The maximum atomic E-state index is 8.98. The number of benzene rings is 2. The number of nitrogens with zero attached hydrogens (tertiary/aromatic N) is 3. The number of hydrogen-bond donors (Lipinski definition) is 2. The molecule has 4 aromatic rings. The summed E-state index contributed by atoms with van der Waals surface area (Å²) in [5.74, 6) is 1.56. The molecule has 0 spiro atoms. The zero-order chi connectivity index (χ0) is 24.9.